The van der Waals surface area contributed by atoms with Gasteiger partial charge < -0.3 is 20.1 Å². The summed E-state index contributed by atoms with van der Waals surface area (Å²) in [6.07, 6.45) is 0.269. The molecule has 1 heterocycles. The number of benzene rings is 1. The molecule has 0 saturated heterocycles. The Morgan fingerprint density at radius 2 is 1.67 bits per heavy atom. The summed E-state index contributed by atoms with van der Waals surface area (Å²) in [5.41, 5.74) is 0.810. The van der Waals surface area contributed by atoms with Gasteiger partial charge in [0.05, 0.1) is 7.11 Å². The van der Waals surface area contributed by atoms with E-state index in [-0.39, 0.29) is 12.2 Å². The fraction of sp³-hybridized carbons (Fsp3) is 0.167. The Morgan fingerprint density at radius 1 is 1.06 bits per heavy atom. The Kier molecular flexibility index (Phi) is 3.18. The van der Waals surface area contributed by atoms with Crippen molar-refractivity contribution in [3.63, 3.8) is 0 Å². The van der Waals surface area contributed by atoms with Crippen molar-refractivity contribution < 1.29 is 20.1 Å². The number of aromatic nitrogens is 2. The van der Waals surface area contributed by atoms with Crippen molar-refractivity contribution in [2.24, 2.45) is 0 Å². The van der Waals surface area contributed by atoms with Crippen LogP contribution in [0.1, 0.15) is 11.4 Å². The monoisotopic (exact) mass is 248 g/mol. The van der Waals surface area contributed by atoms with E-state index in [9.17, 15) is 10.2 Å². The Hall–Kier alpha value is -2.50. The molecule has 0 fully saturated rings. The largest absolute Gasteiger partial charge is 0.499 e. The van der Waals surface area contributed by atoms with Crippen LogP contribution in [0.3, 0.4) is 0 Å². The molecule has 3 N–H and O–H groups in total. The van der Waals surface area contributed by atoms with E-state index in [1.807, 2.05) is 18.2 Å². The highest BCUT2D eigenvalue weighted by Crippen LogP contribution is 2.31. The van der Waals surface area contributed by atoms with E-state index in [0.717, 1.165) is 5.56 Å². The van der Waals surface area contributed by atoms with Crippen LogP contribution in [0.2, 0.25) is 0 Å². The van der Waals surface area contributed by atoms with Crippen LogP contribution in [-0.2, 0) is 6.42 Å². The molecule has 2 aromatic rings. The lowest BCUT2D eigenvalue weighted by Gasteiger charge is -2.08. The van der Waals surface area contributed by atoms with Crippen molar-refractivity contribution in [3.8, 4) is 23.3 Å². The van der Waals surface area contributed by atoms with Crippen LogP contribution in [0, 0.1) is 0 Å². The second-order valence-electron chi connectivity index (χ2n) is 3.62. The van der Waals surface area contributed by atoms with E-state index < -0.39 is 17.5 Å². The zero-order chi connectivity index (χ0) is 13.1. The third-order valence-electron chi connectivity index (χ3n) is 2.43. The molecule has 0 amide bonds. The Bertz CT molecular complexity index is 549. The van der Waals surface area contributed by atoms with Gasteiger partial charge in [0.1, 0.15) is 11.6 Å². The van der Waals surface area contributed by atoms with Gasteiger partial charge in [-0.3, -0.25) is 0 Å². The van der Waals surface area contributed by atoms with Gasteiger partial charge in [0.15, 0.2) is 0 Å². The van der Waals surface area contributed by atoms with Crippen molar-refractivity contribution in [2.75, 3.05) is 7.11 Å². The number of nitrogens with zero attached hydrogens (tertiary/aromatic N) is 2. The molecule has 0 aliphatic heterocycles. The number of methoxy groups -OCH3 is 1. The molecule has 18 heavy (non-hydrogen) atoms. The standard InChI is InChI=1S/C12H12N2O4/c1-18-8-5-3-2-4-7(8)6-9-13-11(16)10(15)12(17)14-9/h2-5,15H,6H2,1H3,(H2,13,14,16,17). The van der Waals surface area contributed by atoms with Crippen LogP contribution < -0.4 is 4.74 Å². The minimum atomic E-state index is -0.723. The molecule has 0 aliphatic rings. The molecule has 0 bridgehead atoms. The third-order valence-corrected chi connectivity index (χ3v) is 2.43. The fourth-order valence-electron chi connectivity index (χ4n) is 1.57. The second kappa shape index (κ2) is 4.79. The van der Waals surface area contributed by atoms with E-state index in [0.29, 0.717) is 5.75 Å². The third kappa shape index (κ3) is 2.27. The normalized spacial score (nSPS) is 10.3. The first-order chi connectivity index (χ1) is 8.61. The van der Waals surface area contributed by atoms with Crippen LogP contribution in [-0.4, -0.2) is 32.4 Å². The quantitative estimate of drug-likeness (QED) is 0.755. The summed E-state index contributed by atoms with van der Waals surface area (Å²) in [6, 6.07) is 7.27. The molecule has 0 atom stereocenters. The van der Waals surface area contributed by atoms with Gasteiger partial charge in [-0.1, -0.05) is 18.2 Å². The lowest BCUT2D eigenvalue weighted by atomic mass is 10.1. The van der Waals surface area contributed by atoms with Gasteiger partial charge in [-0.05, 0) is 6.07 Å². The fourth-order valence-corrected chi connectivity index (χ4v) is 1.57. The molecule has 2 rings (SSSR count). The van der Waals surface area contributed by atoms with E-state index in [2.05, 4.69) is 9.97 Å². The minimum absolute atomic E-state index is 0.187. The predicted molar refractivity (Wildman–Crippen MR) is 62.8 cm³/mol. The Labute approximate surface area is 103 Å². The molecule has 0 aliphatic carbocycles. The van der Waals surface area contributed by atoms with Crippen molar-refractivity contribution in [2.45, 2.75) is 6.42 Å². The number of ether oxygens (including phenoxy) is 1. The summed E-state index contributed by atoms with van der Waals surface area (Å²) in [4.78, 5) is 7.37. The molecule has 6 heteroatoms. The number of hydrogen-bond acceptors (Lipinski definition) is 6. The first kappa shape index (κ1) is 12.0. The second-order valence-corrected chi connectivity index (χ2v) is 3.62. The van der Waals surface area contributed by atoms with Crippen LogP contribution in [0.25, 0.3) is 0 Å². The van der Waals surface area contributed by atoms with Gasteiger partial charge in [0.2, 0.25) is 5.75 Å². The highest BCUT2D eigenvalue weighted by molar-refractivity contribution is 5.41. The van der Waals surface area contributed by atoms with Crippen LogP contribution in [0.15, 0.2) is 24.3 Å². The van der Waals surface area contributed by atoms with Gasteiger partial charge in [-0.15, -0.1) is 0 Å². The lowest BCUT2D eigenvalue weighted by Crippen LogP contribution is -1.99. The SMILES string of the molecule is COc1ccccc1Cc1nc(O)c(O)c(O)n1. The maximum atomic E-state index is 9.29. The van der Waals surface area contributed by atoms with Gasteiger partial charge in [-0.25, -0.2) is 0 Å². The summed E-state index contributed by atoms with van der Waals surface area (Å²) < 4.78 is 5.17. The molecular weight excluding hydrogens is 236 g/mol. The van der Waals surface area contributed by atoms with E-state index in [4.69, 9.17) is 9.84 Å². The van der Waals surface area contributed by atoms with Crippen molar-refractivity contribution in [3.05, 3.63) is 35.7 Å². The smallest absolute Gasteiger partial charge is 0.261 e. The maximum Gasteiger partial charge on any atom is 0.261 e. The highest BCUT2D eigenvalue weighted by atomic mass is 16.5. The number of hydrogen-bond donors (Lipinski definition) is 3. The average molecular weight is 248 g/mol. The summed E-state index contributed by atoms with van der Waals surface area (Å²) in [5.74, 6) is -1.17. The van der Waals surface area contributed by atoms with Gasteiger partial charge in [-0.2, -0.15) is 9.97 Å². The first-order valence-corrected chi connectivity index (χ1v) is 5.21. The molecule has 0 spiro atoms. The first-order valence-electron chi connectivity index (χ1n) is 5.21. The molecular formula is C12H12N2O4. The molecule has 6 nitrogen and oxygen atoms in total. The number of para-hydroxylation sites is 1. The zero-order valence-corrected chi connectivity index (χ0v) is 9.66. The molecule has 0 radical (unpaired) electrons. The zero-order valence-electron chi connectivity index (χ0n) is 9.66. The van der Waals surface area contributed by atoms with E-state index in [1.54, 1.807) is 13.2 Å². The van der Waals surface area contributed by atoms with Crippen molar-refractivity contribution in [1.29, 1.82) is 0 Å². The topological polar surface area (TPSA) is 95.7 Å². The summed E-state index contributed by atoms with van der Waals surface area (Å²) >= 11 is 0. The maximum absolute atomic E-state index is 9.29. The van der Waals surface area contributed by atoms with Crippen LogP contribution in [0.4, 0.5) is 0 Å². The van der Waals surface area contributed by atoms with Crippen molar-refractivity contribution >= 4 is 0 Å². The molecule has 0 saturated carbocycles. The molecule has 1 aromatic heterocycles. The Morgan fingerprint density at radius 3 is 2.28 bits per heavy atom. The summed E-state index contributed by atoms with van der Waals surface area (Å²) in [5, 5.41) is 27.7. The van der Waals surface area contributed by atoms with Crippen molar-refractivity contribution in [1.82, 2.24) is 9.97 Å². The minimum Gasteiger partial charge on any atom is -0.499 e. The Balaban J connectivity index is 2.34. The molecule has 94 valence electrons. The van der Waals surface area contributed by atoms with Gasteiger partial charge in [0, 0.05) is 12.0 Å². The summed E-state index contributed by atoms with van der Waals surface area (Å²) in [7, 11) is 1.55. The predicted octanol–water partition coefficient (Wildman–Crippen LogP) is 1.19. The van der Waals surface area contributed by atoms with Gasteiger partial charge in [0.25, 0.3) is 11.8 Å². The number of rotatable bonds is 3. The highest BCUT2D eigenvalue weighted by Gasteiger charge is 2.13. The van der Waals surface area contributed by atoms with Crippen LogP contribution in [0.5, 0.6) is 23.3 Å². The summed E-state index contributed by atoms with van der Waals surface area (Å²) in [6.45, 7) is 0. The van der Waals surface area contributed by atoms with Crippen LogP contribution >= 0.6 is 0 Å². The average Bonchev–Trinajstić information content (AvgIpc) is 2.36. The number of aromatic hydroxyl groups is 3. The van der Waals surface area contributed by atoms with E-state index in [1.165, 1.54) is 0 Å². The molecule has 1 aromatic carbocycles. The van der Waals surface area contributed by atoms with E-state index >= 15 is 0 Å². The van der Waals surface area contributed by atoms with Gasteiger partial charge >= 0.3 is 0 Å². The lowest BCUT2D eigenvalue weighted by molar-refractivity contribution is 0.343. The molecule has 0 unspecified atom stereocenters.